The number of benzene rings is 1. The van der Waals surface area contributed by atoms with Crippen molar-refractivity contribution in [1.29, 1.82) is 0 Å². The van der Waals surface area contributed by atoms with Gasteiger partial charge >= 0.3 is 0 Å². The van der Waals surface area contributed by atoms with Crippen molar-refractivity contribution in [3.63, 3.8) is 0 Å². The molecule has 1 aromatic carbocycles. The summed E-state index contributed by atoms with van der Waals surface area (Å²) < 4.78 is 5.69. The van der Waals surface area contributed by atoms with Gasteiger partial charge in [0.15, 0.2) is 5.78 Å². The molecular weight excluding hydrogens is 300 g/mol. The Morgan fingerprint density at radius 2 is 2.23 bits per heavy atom. The van der Waals surface area contributed by atoms with Gasteiger partial charge < -0.3 is 10.5 Å². The van der Waals surface area contributed by atoms with Crippen molar-refractivity contribution in [1.82, 2.24) is 4.90 Å². The van der Waals surface area contributed by atoms with Gasteiger partial charge in [0.05, 0.1) is 6.61 Å². The first-order valence-corrected chi connectivity index (χ1v) is 7.75. The molecule has 0 spiro atoms. The number of hydrogen-bond acceptors (Lipinski definition) is 4. The van der Waals surface area contributed by atoms with Gasteiger partial charge in [0.1, 0.15) is 5.75 Å². The van der Waals surface area contributed by atoms with Crippen LogP contribution in [0.25, 0.3) is 0 Å². The predicted octanol–water partition coefficient (Wildman–Crippen LogP) is 2.88. The summed E-state index contributed by atoms with van der Waals surface area (Å²) in [5, 5.41) is 0. The minimum atomic E-state index is 0. The van der Waals surface area contributed by atoms with Crippen LogP contribution in [0.4, 0.5) is 0 Å². The molecule has 1 aliphatic rings. The number of Topliss-reactive ketones (excluding diaryl/α,β-unsaturated/α-hetero) is 1. The summed E-state index contributed by atoms with van der Waals surface area (Å²) >= 11 is 0. The van der Waals surface area contributed by atoms with Crippen LogP contribution in [0.1, 0.15) is 43.1 Å². The second-order valence-electron chi connectivity index (χ2n) is 5.95. The van der Waals surface area contributed by atoms with Crippen LogP contribution in [0.2, 0.25) is 0 Å². The monoisotopic (exact) mass is 326 g/mol. The van der Waals surface area contributed by atoms with Gasteiger partial charge in [-0.3, -0.25) is 9.69 Å². The molecule has 0 aliphatic carbocycles. The molecule has 0 radical (unpaired) electrons. The van der Waals surface area contributed by atoms with E-state index in [0.29, 0.717) is 12.5 Å². The van der Waals surface area contributed by atoms with Crippen LogP contribution in [0.3, 0.4) is 0 Å². The van der Waals surface area contributed by atoms with E-state index >= 15 is 0 Å². The Labute approximate surface area is 139 Å². The third kappa shape index (κ3) is 4.70. The van der Waals surface area contributed by atoms with Gasteiger partial charge in [-0.25, -0.2) is 0 Å². The third-order valence-electron chi connectivity index (χ3n) is 4.21. The largest absolute Gasteiger partial charge is 0.494 e. The van der Waals surface area contributed by atoms with Crippen molar-refractivity contribution in [2.75, 3.05) is 19.7 Å². The number of nitrogens with two attached hydrogens (primary N) is 1. The fourth-order valence-corrected chi connectivity index (χ4v) is 2.89. The fourth-order valence-electron chi connectivity index (χ4n) is 2.89. The smallest absolute Gasteiger partial charge is 0.159 e. The number of ether oxygens (including phenoxy) is 1. The first-order chi connectivity index (χ1) is 10.0. The van der Waals surface area contributed by atoms with E-state index in [1.807, 2.05) is 25.1 Å². The predicted molar refractivity (Wildman–Crippen MR) is 91.9 cm³/mol. The molecule has 0 bridgehead atoms. The van der Waals surface area contributed by atoms with Crippen LogP contribution in [-0.2, 0) is 6.54 Å². The Kier molecular flexibility index (Phi) is 7.33. The Morgan fingerprint density at radius 1 is 1.50 bits per heavy atom. The minimum absolute atomic E-state index is 0. The van der Waals surface area contributed by atoms with E-state index in [0.717, 1.165) is 42.9 Å². The molecule has 0 amide bonds. The number of ketones is 1. The number of hydrogen-bond donors (Lipinski definition) is 1. The number of nitrogens with zero attached hydrogens (tertiary/aromatic N) is 1. The highest BCUT2D eigenvalue weighted by Gasteiger charge is 2.25. The molecule has 2 atom stereocenters. The van der Waals surface area contributed by atoms with E-state index in [2.05, 4.69) is 11.8 Å². The van der Waals surface area contributed by atoms with Crippen LogP contribution in [0.5, 0.6) is 5.75 Å². The van der Waals surface area contributed by atoms with E-state index < -0.39 is 0 Å². The van der Waals surface area contributed by atoms with Gasteiger partial charge in [-0.2, -0.15) is 0 Å². The van der Waals surface area contributed by atoms with Gasteiger partial charge in [0, 0.05) is 30.3 Å². The van der Waals surface area contributed by atoms with Gasteiger partial charge in [0.25, 0.3) is 0 Å². The highest BCUT2D eigenvalue weighted by molar-refractivity contribution is 5.94. The Hall–Kier alpha value is -1.10. The molecule has 2 rings (SSSR count). The number of carbonyl (C=O) groups is 1. The van der Waals surface area contributed by atoms with Crippen molar-refractivity contribution in [2.45, 2.75) is 39.8 Å². The molecule has 1 fully saturated rings. The zero-order valence-electron chi connectivity index (χ0n) is 13.7. The SMILES string of the molecule is CCOc1ccc(C(C)=O)cc1CN1CCC(C(C)N)C1.Cl. The first-order valence-electron chi connectivity index (χ1n) is 7.75. The molecule has 5 heteroatoms. The molecule has 1 heterocycles. The van der Waals surface area contributed by atoms with Gasteiger partial charge in [-0.15, -0.1) is 12.4 Å². The van der Waals surface area contributed by atoms with Crippen molar-refractivity contribution < 1.29 is 9.53 Å². The Balaban J connectivity index is 0.00000242. The zero-order chi connectivity index (χ0) is 15.4. The van der Waals surface area contributed by atoms with E-state index in [1.165, 1.54) is 0 Å². The lowest BCUT2D eigenvalue weighted by Crippen LogP contribution is -2.29. The van der Waals surface area contributed by atoms with Crippen LogP contribution < -0.4 is 10.5 Å². The van der Waals surface area contributed by atoms with E-state index in [1.54, 1.807) is 6.92 Å². The van der Waals surface area contributed by atoms with Crippen molar-refractivity contribution in [2.24, 2.45) is 11.7 Å². The van der Waals surface area contributed by atoms with E-state index in [4.69, 9.17) is 10.5 Å². The second-order valence-corrected chi connectivity index (χ2v) is 5.95. The highest BCUT2D eigenvalue weighted by Crippen LogP contribution is 2.26. The number of halogens is 1. The topological polar surface area (TPSA) is 55.6 Å². The normalized spacial score (nSPS) is 19.5. The lowest BCUT2D eigenvalue weighted by atomic mass is 10.0. The van der Waals surface area contributed by atoms with E-state index in [-0.39, 0.29) is 24.2 Å². The highest BCUT2D eigenvalue weighted by atomic mass is 35.5. The van der Waals surface area contributed by atoms with Crippen LogP contribution in [-0.4, -0.2) is 36.4 Å². The Bertz CT molecular complexity index is 505. The minimum Gasteiger partial charge on any atom is -0.494 e. The molecule has 22 heavy (non-hydrogen) atoms. The summed E-state index contributed by atoms with van der Waals surface area (Å²) in [6.45, 7) is 9.19. The average Bonchev–Trinajstić information content (AvgIpc) is 2.89. The maximum atomic E-state index is 11.6. The average molecular weight is 327 g/mol. The lowest BCUT2D eigenvalue weighted by molar-refractivity contribution is 0.101. The molecule has 124 valence electrons. The van der Waals surface area contributed by atoms with Gasteiger partial charge in [-0.1, -0.05) is 0 Å². The second kappa shape index (κ2) is 8.51. The summed E-state index contributed by atoms with van der Waals surface area (Å²) in [6, 6.07) is 5.96. The van der Waals surface area contributed by atoms with Crippen molar-refractivity contribution >= 4 is 18.2 Å². The quantitative estimate of drug-likeness (QED) is 0.817. The summed E-state index contributed by atoms with van der Waals surface area (Å²) in [4.78, 5) is 14.0. The summed E-state index contributed by atoms with van der Waals surface area (Å²) in [5.74, 6) is 1.54. The lowest BCUT2D eigenvalue weighted by Gasteiger charge is -2.20. The van der Waals surface area contributed by atoms with Crippen LogP contribution in [0, 0.1) is 5.92 Å². The molecule has 2 N–H and O–H groups in total. The maximum Gasteiger partial charge on any atom is 0.159 e. The summed E-state index contributed by atoms with van der Waals surface area (Å²) in [6.07, 6.45) is 1.15. The molecule has 0 saturated carbocycles. The Morgan fingerprint density at radius 3 is 2.77 bits per heavy atom. The standard InChI is InChI=1S/C17H26N2O2.ClH/c1-4-21-17-6-5-14(13(3)20)9-16(17)11-19-8-7-15(10-19)12(2)18;/h5-6,9,12,15H,4,7-8,10-11,18H2,1-3H3;1H. The van der Waals surface area contributed by atoms with E-state index in [9.17, 15) is 4.79 Å². The molecule has 2 unspecified atom stereocenters. The summed E-state index contributed by atoms with van der Waals surface area (Å²) in [5.41, 5.74) is 7.84. The fraction of sp³-hybridized carbons (Fsp3) is 0.588. The van der Waals surface area contributed by atoms with Crippen LogP contribution in [0.15, 0.2) is 18.2 Å². The number of likely N-dealkylation sites (tertiary alicyclic amines) is 1. The summed E-state index contributed by atoms with van der Waals surface area (Å²) in [7, 11) is 0. The maximum absolute atomic E-state index is 11.6. The molecule has 1 saturated heterocycles. The number of carbonyl (C=O) groups excluding carboxylic acids is 1. The molecule has 0 aromatic heterocycles. The molecular formula is C17H27ClN2O2. The molecule has 4 nitrogen and oxygen atoms in total. The third-order valence-corrected chi connectivity index (χ3v) is 4.21. The van der Waals surface area contributed by atoms with Crippen molar-refractivity contribution in [3.05, 3.63) is 29.3 Å². The molecule has 1 aliphatic heterocycles. The van der Waals surface area contributed by atoms with Gasteiger partial charge in [-0.05, 0) is 57.9 Å². The number of rotatable bonds is 6. The van der Waals surface area contributed by atoms with Crippen LogP contribution >= 0.6 is 12.4 Å². The first kappa shape index (κ1) is 18.9. The zero-order valence-corrected chi connectivity index (χ0v) is 14.5. The van der Waals surface area contributed by atoms with Crippen molar-refractivity contribution in [3.8, 4) is 5.75 Å². The molecule has 1 aromatic rings. The van der Waals surface area contributed by atoms with Gasteiger partial charge in [0.2, 0.25) is 0 Å².